The van der Waals surface area contributed by atoms with Gasteiger partial charge >= 0.3 is 6.09 Å². The molecule has 4 rings (SSSR count). The fourth-order valence-electron chi connectivity index (χ4n) is 3.65. The Morgan fingerprint density at radius 3 is 2.39 bits per heavy atom. The van der Waals surface area contributed by atoms with E-state index in [2.05, 4.69) is 9.97 Å². The van der Waals surface area contributed by atoms with Crippen LogP contribution in [-0.4, -0.2) is 66.8 Å². The highest BCUT2D eigenvalue weighted by atomic mass is 16.6. The molecule has 0 aliphatic carbocycles. The van der Waals surface area contributed by atoms with Crippen LogP contribution in [0.15, 0.2) is 12.1 Å². The summed E-state index contributed by atoms with van der Waals surface area (Å²) in [5.41, 5.74) is 6.81. The van der Waals surface area contributed by atoms with Crippen molar-refractivity contribution in [2.75, 3.05) is 44.5 Å². The van der Waals surface area contributed by atoms with Gasteiger partial charge in [-0.25, -0.2) is 14.7 Å². The van der Waals surface area contributed by atoms with Crippen LogP contribution in [0.25, 0.3) is 10.9 Å². The van der Waals surface area contributed by atoms with Crippen molar-refractivity contribution in [3.8, 4) is 11.5 Å². The minimum atomic E-state index is -0.560. The van der Waals surface area contributed by atoms with Gasteiger partial charge in [-0.15, -0.1) is 0 Å². The van der Waals surface area contributed by atoms with Crippen LogP contribution in [-0.2, 0) is 9.53 Å². The van der Waals surface area contributed by atoms with Gasteiger partial charge in [0.2, 0.25) is 5.95 Å². The number of ether oxygens (including phenoxy) is 3. The highest BCUT2D eigenvalue weighted by Crippen LogP contribution is 2.34. The smallest absolute Gasteiger partial charge is 0.417 e. The lowest BCUT2D eigenvalue weighted by Crippen LogP contribution is -2.47. The standard InChI is InChI=1S/C18H21N5O5/c1-26-13-7-11-12(8-14(13)27-2)20-17(21-16(11)19)22-5-3-10(4-6-22)23-15(24)9-28-18(23)25/h7-8,10H,3-6,9H2,1-2H3,(H2,19,20,21). The summed E-state index contributed by atoms with van der Waals surface area (Å²) in [7, 11) is 3.12. The SMILES string of the molecule is COc1cc2nc(N3CCC(N4C(=O)COC4=O)CC3)nc(N)c2cc1OC. The number of hydrogen-bond acceptors (Lipinski definition) is 9. The van der Waals surface area contributed by atoms with Gasteiger partial charge in [0.25, 0.3) is 5.91 Å². The van der Waals surface area contributed by atoms with Crippen LogP contribution in [0.5, 0.6) is 11.5 Å². The number of imide groups is 1. The summed E-state index contributed by atoms with van der Waals surface area (Å²) in [6.45, 7) is 1.02. The number of anilines is 2. The number of piperidine rings is 1. The van der Waals surface area contributed by atoms with Crippen molar-refractivity contribution >= 4 is 34.7 Å². The summed E-state index contributed by atoms with van der Waals surface area (Å²) < 4.78 is 15.5. The molecule has 2 aromatic rings. The molecule has 2 fully saturated rings. The maximum atomic E-state index is 11.8. The van der Waals surface area contributed by atoms with Crippen molar-refractivity contribution < 1.29 is 23.8 Å². The third-order valence-corrected chi connectivity index (χ3v) is 5.12. The molecule has 1 aromatic carbocycles. The zero-order valence-corrected chi connectivity index (χ0v) is 15.7. The van der Waals surface area contributed by atoms with E-state index in [9.17, 15) is 9.59 Å². The Bertz CT molecular complexity index is 926. The Balaban J connectivity index is 1.57. The van der Waals surface area contributed by atoms with E-state index >= 15 is 0 Å². The molecule has 2 aliphatic heterocycles. The van der Waals surface area contributed by atoms with E-state index in [1.165, 1.54) is 4.90 Å². The number of aromatic nitrogens is 2. The second-order valence-electron chi connectivity index (χ2n) is 6.67. The third kappa shape index (κ3) is 3.00. The first kappa shape index (κ1) is 18.1. The number of nitrogens with zero attached hydrogens (tertiary/aromatic N) is 4. The monoisotopic (exact) mass is 387 g/mol. The molecule has 2 N–H and O–H groups in total. The topological polar surface area (TPSA) is 120 Å². The summed E-state index contributed by atoms with van der Waals surface area (Å²) in [6.07, 6.45) is 0.679. The van der Waals surface area contributed by atoms with E-state index in [-0.39, 0.29) is 18.6 Å². The number of amides is 2. The Morgan fingerprint density at radius 2 is 1.79 bits per heavy atom. The summed E-state index contributed by atoms with van der Waals surface area (Å²) in [4.78, 5) is 35.9. The van der Waals surface area contributed by atoms with E-state index in [4.69, 9.17) is 19.9 Å². The van der Waals surface area contributed by atoms with Crippen molar-refractivity contribution in [2.24, 2.45) is 0 Å². The first-order chi connectivity index (χ1) is 13.5. The molecule has 0 radical (unpaired) electrons. The number of rotatable bonds is 4. The van der Waals surface area contributed by atoms with Crippen LogP contribution < -0.4 is 20.1 Å². The van der Waals surface area contributed by atoms with E-state index in [0.29, 0.717) is 60.1 Å². The minimum Gasteiger partial charge on any atom is -0.493 e. The number of carbonyl (C=O) groups is 2. The lowest BCUT2D eigenvalue weighted by Gasteiger charge is -2.34. The number of nitrogens with two attached hydrogens (primary N) is 1. The molecule has 0 unspecified atom stereocenters. The molecule has 10 nitrogen and oxygen atoms in total. The average molecular weight is 387 g/mol. The van der Waals surface area contributed by atoms with Crippen LogP contribution in [0.4, 0.5) is 16.6 Å². The number of hydrogen-bond donors (Lipinski definition) is 1. The summed E-state index contributed by atoms with van der Waals surface area (Å²) in [5, 5.41) is 0.682. The van der Waals surface area contributed by atoms with Gasteiger partial charge in [0, 0.05) is 30.6 Å². The Morgan fingerprint density at radius 1 is 1.11 bits per heavy atom. The second-order valence-corrected chi connectivity index (χ2v) is 6.67. The number of cyclic esters (lactones) is 1. The average Bonchev–Trinajstić information content (AvgIpc) is 3.05. The largest absolute Gasteiger partial charge is 0.493 e. The lowest BCUT2D eigenvalue weighted by molar-refractivity contribution is -0.127. The molecule has 2 aliphatic rings. The van der Waals surface area contributed by atoms with Crippen LogP contribution in [0.1, 0.15) is 12.8 Å². The number of benzene rings is 1. The zero-order valence-electron chi connectivity index (χ0n) is 15.7. The minimum absolute atomic E-state index is 0.166. The fourth-order valence-corrected chi connectivity index (χ4v) is 3.65. The van der Waals surface area contributed by atoms with Gasteiger partial charge in [-0.1, -0.05) is 0 Å². The second kappa shape index (κ2) is 7.02. The van der Waals surface area contributed by atoms with Crippen molar-refractivity contribution in [2.45, 2.75) is 18.9 Å². The Labute approximate surface area is 161 Å². The number of fused-ring (bicyclic) bond motifs is 1. The van der Waals surface area contributed by atoms with Crippen LogP contribution in [0.2, 0.25) is 0 Å². The van der Waals surface area contributed by atoms with Gasteiger partial charge in [0.1, 0.15) is 5.82 Å². The van der Waals surface area contributed by atoms with Gasteiger partial charge in [-0.2, -0.15) is 4.98 Å². The van der Waals surface area contributed by atoms with Crippen molar-refractivity contribution in [1.82, 2.24) is 14.9 Å². The number of nitrogen functional groups attached to an aromatic ring is 1. The fraction of sp³-hybridized carbons (Fsp3) is 0.444. The van der Waals surface area contributed by atoms with Gasteiger partial charge < -0.3 is 24.8 Å². The van der Waals surface area contributed by atoms with Gasteiger partial charge in [0.15, 0.2) is 18.1 Å². The molecule has 0 bridgehead atoms. The van der Waals surface area contributed by atoms with Crippen molar-refractivity contribution in [1.29, 1.82) is 0 Å². The highest BCUT2D eigenvalue weighted by molar-refractivity contribution is 5.98. The van der Waals surface area contributed by atoms with E-state index in [0.717, 1.165) is 0 Å². The predicted octanol–water partition coefficient (Wildman–Crippen LogP) is 1.18. The molecule has 2 saturated heterocycles. The molecule has 28 heavy (non-hydrogen) atoms. The zero-order chi connectivity index (χ0) is 19.8. The first-order valence-corrected chi connectivity index (χ1v) is 8.95. The molecule has 148 valence electrons. The highest BCUT2D eigenvalue weighted by Gasteiger charge is 2.38. The quantitative estimate of drug-likeness (QED) is 0.824. The molecule has 0 atom stereocenters. The van der Waals surface area contributed by atoms with Crippen molar-refractivity contribution in [3.05, 3.63) is 12.1 Å². The summed E-state index contributed by atoms with van der Waals surface area (Å²) in [6, 6.07) is 3.35. The molecule has 0 spiro atoms. The Kier molecular flexibility index (Phi) is 4.54. The lowest BCUT2D eigenvalue weighted by atomic mass is 10.0. The van der Waals surface area contributed by atoms with Crippen molar-refractivity contribution in [3.63, 3.8) is 0 Å². The third-order valence-electron chi connectivity index (χ3n) is 5.12. The molecule has 2 amide bonds. The normalized spacial score (nSPS) is 17.9. The predicted molar refractivity (Wildman–Crippen MR) is 100 cm³/mol. The number of carbonyl (C=O) groups excluding carboxylic acids is 2. The molecular formula is C18H21N5O5. The van der Waals surface area contributed by atoms with E-state index < -0.39 is 6.09 Å². The Hall–Kier alpha value is -3.30. The molecular weight excluding hydrogens is 366 g/mol. The molecule has 10 heteroatoms. The molecule has 3 heterocycles. The van der Waals surface area contributed by atoms with Gasteiger partial charge in [-0.3, -0.25) is 4.79 Å². The summed E-state index contributed by atoms with van der Waals surface area (Å²) in [5.74, 6) is 1.69. The van der Waals surface area contributed by atoms with Gasteiger partial charge in [0.05, 0.1) is 19.7 Å². The molecule has 1 aromatic heterocycles. The van der Waals surface area contributed by atoms with Crippen LogP contribution in [0.3, 0.4) is 0 Å². The summed E-state index contributed by atoms with van der Waals surface area (Å²) >= 11 is 0. The maximum Gasteiger partial charge on any atom is 0.417 e. The van der Waals surface area contributed by atoms with Gasteiger partial charge in [-0.05, 0) is 18.9 Å². The van der Waals surface area contributed by atoms with Crippen LogP contribution in [0, 0.1) is 0 Å². The first-order valence-electron chi connectivity index (χ1n) is 8.95. The van der Waals surface area contributed by atoms with E-state index in [1.807, 2.05) is 4.90 Å². The van der Waals surface area contributed by atoms with Crippen LogP contribution >= 0.6 is 0 Å². The van der Waals surface area contributed by atoms with E-state index in [1.54, 1.807) is 26.4 Å². The maximum absolute atomic E-state index is 11.8. The number of methoxy groups -OCH3 is 2. The molecule has 0 saturated carbocycles.